The Morgan fingerprint density at radius 2 is 2.21 bits per heavy atom. The summed E-state index contributed by atoms with van der Waals surface area (Å²) in [4.78, 5) is 19.6. The van der Waals surface area contributed by atoms with E-state index in [1.54, 1.807) is 0 Å². The molecule has 1 aliphatic carbocycles. The number of nitrogens with zero attached hydrogens (tertiary/aromatic N) is 3. The summed E-state index contributed by atoms with van der Waals surface area (Å²) >= 11 is 5.95. The summed E-state index contributed by atoms with van der Waals surface area (Å²) in [6, 6.07) is 1.72. The van der Waals surface area contributed by atoms with Crippen LogP contribution in [0.25, 0.3) is 0 Å². The van der Waals surface area contributed by atoms with Crippen molar-refractivity contribution < 1.29 is 9.90 Å². The van der Waals surface area contributed by atoms with Crippen molar-refractivity contribution in [3.05, 3.63) is 17.0 Å². The van der Waals surface area contributed by atoms with E-state index < -0.39 is 11.6 Å². The van der Waals surface area contributed by atoms with Crippen LogP contribution in [0.4, 0.5) is 10.6 Å². The van der Waals surface area contributed by atoms with Gasteiger partial charge in [-0.05, 0) is 18.3 Å². The maximum absolute atomic E-state index is 11.4. The lowest BCUT2D eigenvalue weighted by molar-refractivity contribution is 0.0720. The zero-order valence-corrected chi connectivity index (χ0v) is 14.8. The number of aromatic nitrogens is 2. The average Bonchev–Trinajstić information content (AvgIpc) is 2.48. The Balaban J connectivity index is 2.35. The Kier molecular flexibility index (Phi) is 5.19. The smallest absolute Gasteiger partial charge is 0.405 e. The van der Waals surface area contributed by atoms with E-state index in [9.17, 15) is 9.90 Å². The summed E-state index contributed by atoms with van der Waals surface area (Å²) in [6.07, 6.45) is 3.90. The molecule has 1 heterocycles. The van der Waals surface area contributed by atoms with Crippen LogP contribution in [0.3, 0.4) is 0 Å². The van der Waals surface area contributed by atoms with E-state index in [4.69, 9.17) is 16.9 Å². The summed E-state index contributed by atoms with van der Waals surface area (Å²) in [7, 11) is 0. The SMILES string of the molecule is CC(C)(C)C1(NC(=O)O)CCCCC1Nc1cnc(C#N)c(Cl)n1. The van der Waals surface area contributed by atoms with Gasteiger partial charge in [0.25, 0.3) is 0 Å². The van der Waals surface area contributed by atoms with Gasteiger partial charge in [-0.15, -0.1) is 0 Å². The molecule has 0 aliphatic heterocycles. The fourth-order valence-electron chi connectivity index (χ4n) is 3.48. The molecule has 130 valence electrons. The second-order valence-corrected chi connectivity index (χ2v) is 7.46. The van der Waals surface area contributed by atoms with Gasteiger partial charge in [0.2, 0.25) is 0 Å². The number of hydrogen-bond acceptors (Lipinski definition) is 5. The first kappa shape index (κ1) is 18.3. The summed E-state index contributed by atoms with van der Waals surface area (Å²) in [5, 5.41) is 24.3. The zero-order chi connectivity index (χ0) is 18.0. The molecule has 2 atom stereocenters. The Bertz CT molecular complexity index is 667. The highest BCUT2D eigenvalue weighted by Crippen LogP contribution is 2.43. The molecule has 1 aliphatic rings. The Hall–Kier alpha value is -2.07. The Morgan fingerprint density at radius 1 is 1.50 bits per heavy atom. The van der Waals surface area contributed by atoms with Gasteiger partial charge in [0.05, 0.1) is 17.8 Å². The van der Waals surface area contributed by atoms with Gasteiger partial charge < -0.3 is 15.7 Å². The van der Waals surface area contributed by atoms with Crippen LogP contribution in [0.1, 0.15) is 52.1 Å². The van der Waals surface area contributed by atoms with Crippen LogP contribution in [0.5, 0.6) is 0 Å². The summed E-state index contributed by atoms with van der Waals surface area (Å²) < 4.78 is 0. The Morgan fingerprint density at radius 3 is 2.75 bits per heavy atom. The van der Waals surface area contributed by atoms with E-state index in [2.05, 4.69) is 20.6 Å². The highest BCUT2D eigenvalue weighted by atomic mass is 35.5. The van der Waals surface area contributed by atoms with Gasteiger partial charge in [-0.2, -0.15) is 5.26 Å². The second-order valence-electron chi connectivity index (χ2n) is 7.10. The molecule has 24 heavy (non-hydrogen) atoms. The number of hydrogen-bond donors (Lipinski definition) is 3. The molecule has 2 rings (SSSR count). The molecule has 1 aromatic rings. The van der Waals surface area contributed by atoms with Gasteiger partial charge >= 0.3 is 6.09 Å². The minimum Gasteiger partial charge on any atom is -0.465 e. The monoisotopic (exact) mass is 351 g/mol. The van der Waals surface area contributed by atoms with Gasteiger partial charge in [0.15, 0.2) is 10.8 Å². The van der Waals surface area contributed by atoms with Crippen LogP contribution in [0.2, 0.25) is 5.15 Å². The first-order valence-electron chi connectivity index (χ1n) is 7.90. The fourth-order valence-corrected chi connectivity index (χ4v) is 3.67. The van der Waals surface area contributed by atoms with Gasteiger partial charge in [-0.25, -0.2) is 14.8 Å². The van der Waals surface area contributed by atoms with Crippen molar-refractivity contribution in [2.24, 2.45) is 5.41 Å². The third-order valence-electron chi connectivity index (χ3n) is 4.74. The highest BCUT2D eigenvalue weighted by Gasteiger charge is 2.50. The van der Waals surface area contributed by atoms with Crippen LogP contribution in [0, 0.1) is 16.7 Å². The van der Waals surface area contributed by atoms with Crippen LogP contribution in [-0.2, 0) is 0 Å². The highest BCUT2D eigenvalue weighted by molar-refractivity contribution is 6.30. The van der Waals surface area contributed by atoms with Gasteiger partial charge in [-0.1, -0.05) is 45.2 Å². The first-order valence-corrected chi connectivity index (χ1v) is 8.28. The normalized spacial score (nSPS) is 24.0. The third kappa shape index (κ3) is 3.54. The van der Waals surface area contributed by atoms with E-state index in [1.807, 2.05) is 26.8 Å². The minimum atomic E-state index is -1.04. The zero-order valence-electron chi connectivity index (χ0n) is 14.1. The topological polar surface area (TPSA) is 111 Å². The number of rotatable bonds is 3. The summed E-state index contributed by atoms with van der Waals surface area (Å²) in [5.41, 5.74) is -0.872. The molecule has 0 radical (unpaired) electrons. The molecule has 7 nitrogen and oxygen atoms in total. The quantitative estimate of drug-likeness (QED) is 0.769. The molecule has 1 saturated carbocycles. The number of nitrogens with one attached hydrogen (secondary N) is 2. The van der Waals surface area contributed by atoms with E-state index in [0.717, 1.165) is 25.7 Å². The number of amides is 1. The minimum absolute atomic E-state index is 0.0332. The van der Waals surface area contributed by atoms with E-state index in [-0.39, 0.29) is 22.3 Å². The van der Waals surface area contributed by atoms with Crippen LogP contribution in [-0.4, -0.2) is 32.7 Å². The number of anilines is 1. The van der Waals surface area contributed by atoms with Gasteiger partial charge in [-0.3, -0.25) is 0 Å². The fraction of sp³-hybridized carbons (Fsp3) is 0.625. The molecule has 0 bridgehead atoms. The standard InChI is InChI=1S/C16H22ClN5O2/c1-15(2,3)16(22-14(23)24)7-5-4-6-11(16)20-12-9-19-10(8-18)13(17)21-12/h9,11,22H,4-7H2,1-3H3,(H,20,21)(H,23,24). The molecular weight excluding hydrogens is 330 g/mol. The molecule has 8 heteroatoms. The van der Waals surface area contributed by atoms with Crippen molar-refractivity contribution in [3.63, 3.8) is 0 Å². The molecule has 2 unspecified atom stereocenters. The van der Waals surface area contributed by atoms with Crippen molar-refractivity contribution >= 4 is 23.5 Å². The maximum atomic E-state index is 11.4. The number of nitriles is 1. The molecule has 1 amide bonds. The van der Waals surface area contributed by atoms with Crippen molar-refractivity contribution in [1.82, 2.24) is 15.3 Å². The Labute approximate surface area is 146 Å². The molecular formula is C16H22ClN5O2. The molecule has 0 aromatic carbocycles. The van der Waals surface area contributed by atoms with Crippen LogP contribution < -0.4 is 10.6 Å². The molecule has 1 aromatic heterocycles. The summed E-state index contributed by atoms with van der Waals surface area (Å²) in [6.45, 7) is 6.08. The molecule has 3 N–H and O–H groups in total. The van der Waals surface area contributed by atoms with Crippen LogP contribution >= 0.6 is 11.6 Å². The lowest BCUT2D eigenvalue weighted by atomic mass is 9.63. The van der Waals surface area contributed by atoms with Gasteiger partial charge in [0, 0.05) is 0 Å². The average molecular weight is 352 g/mol. The first-order chi connectivity index (χ1) is 11.2. The number of halogens is 1. The number of carboxylic acid groups (broad SMARTS) is 1. The molecule has 0 saturated heterocycles. The van der Waals surface area contributed by atoms with E-state index >= 15 is 0 Å². The summed E-state index contributed by atoms with van der Waals surface area (Å²) in [5.74, 6) is 0.437. The van der Waals surface area contributed by atoms with Gasteiger partial charge in [0.1, 0.15) is 11.9 Å². The molecule has 0 spiro atoms. The van der Waals surface area contributed by atoms with Crippen molar-refractivity contribution in [2.75, 3.05) is 5.32 Å². The van der Waals surface area contributed by atoms with E-state index in [0.29, 0.717) is 5.82 Å². The van der Waals surface area contributed by atoms with Crippen molar-refractivity contribution in [2.45, 2.75) is 58.0 Å². The lowest BCUT2D eigenvalue weighted by Crippen LogP contribution is -2.67. The molecule has 1 fully saturated rings. The lowest BCUT2D eigenvalue weighted by Gasteiger charge is -2.52. The number of carbonyl (C=O) groups is 1. The second kappa shape index (κ2) is 6.81. The predicted octanol–water partition coefficient (Wildman–Crippen LogP) is 3.41. The van der Waals surface area contributed by atoms with Crippen molar-refractivity contribution in [3.8, 4) is 6.07 Å². The van der Waals surface area contributed by atoms with Crippen molar-refractivity contribution in [1.29, 1.82) is 5.26 Å². The third-order valence-corrected chi connectivity index (χ3v) is 5.00. The predicted molar refractivity (Wildman–Crippen MR) is 91.0 cm³/mol. The maximum Gasteiger partial charge on any atom is 0.405 e. The van der Waals surface area contributed by atoms with Crippen LogP contribution in [0.15, 0.2) is 6.20 Å². The van der Waals surface area contributed by atoms with E-state index in [1.165, 1.54) is 6.20 Å². The largest absolute Gasteiger partial charge is 0.465 e.